The van der Waals surface area contributed by atoms with Gasteiger partial charge in [-0.3, -0.25) is 14.5 Å². The number of aliphatic hydroxyl groups is 1. The highest BCUT2D eigenvalue weighted by Gasteiger charge is 2.28. The third kappa shape index (κ3) is 34.5. The second kappa shape index (κ2) is 41.2. The van der Waals surface area contributed by atoms with E-state index in [-0.39, 0.29) is 18.4 Å². The number of carbonyl (C=O) groups excluding carboxylic acids is 2. The Kier molecular flexibility index (Phi) is 38.9. The highest BCUT2D eigenvalue weighted by molar-refractivity contribution is 5.76. The maximum absolute atomic E-state index is 12.9. The SMILES string of the molecule is CCCCCCCCC(CCCCCC)CNC(=O)CCCCCN(CCCCCC(=O)NCC(CCCCCC)CCCCCCCC)CCN(CCO)C1CC1. The lowest BCUT2D eigenvalue weighted by Gasteiger charge is -2.27. The van der Waals surface area contributed by atoms with Gasteiger partial charge < -0.3 is 20.6 Å². The van der Waals surface area contributed by atoms with Gasteiger partial charge in [-0.2, -0.15) is 0 Å². The number of amides is 2. The van der Waals surface area contributed by atoms with Crippen molar-refractivity contribution < 1.29 is 14.7 Å². The van der Waals surface area contributed by atoms with E-state index >= 15 is 0 Å². The fourth-order valence-electron chi connectivity index (χ4n) is 8.78. The van der Waals surface area contributed by atoms with Gasteiger partial charge in [0.1, 0.15) is 0 Å². The smallest absolute Gasteiger partial charge is 0.220 e. The molecule has 1 aliphatic carbocycles. The number of carbonyl (C=O) groups is 2. The quantitative estimate of drug-likeness (QED) is 0.0533. The molecule has 58 heavy (non-hydrogen) atoms. The molecule has 2 amide bonds. The van der Waals surface area contributed by atoms with Crippen molar-refractivity contribution in [1.29, 1.82) is 0 Å². The largest absolute Gasteiger partial charge is 0.395 e. The average molecular weight is 819 g/mol. The van der Waals surface area contributed by atoms with E-state index in [1.807, 2.05) is 0 Å². The van der Waals surface area contributed by atoms with Crippen LogP contribution in [-0.4, -0.2) is 85.2 Å². The molecule has 0 radical (unpaired) electrons. The number of unbranched alkanes of at least 4 members (excludes halogenated alkanes) is 20. The molecular formula is C51H102N4O3. The van der Waals surface area contributed by atoms with Gasteiger partial charge in [-0.1, -0.05) is 169 Å². The van der Waals surface area contributed by atoms with E-state index in [1.54, 1.807) is 0 Å². The van der Waals surface area contributed by atoms with Crippen LogP contribution in [0.1, 0.15) is 246 Å². The van der Waals surface area contributed by atoms with Gasteiger partial charge in [0.05, 0.1) is 6.61 Å². The topological polar surface area (TPSA) is 84.9 Å². The molecule has 1 fully saturated rings. The van der Waals surface area contributed by atoms with Crippen molar-refractivity contribution in [1.82, 2.24) is 20.4 Å². The minimum atomic E-state index is 0.234. The molecule has 2 unspecified atom stereocenters. The summed E-state index contributed by atoms with van der Waals surface area (Å²) in [6, 6.07) is 0.662. The minimum absolute atomic E-state index is 0.234. The van der Waals surface area contributed by atoms with E-state index < -0.39 is 0 Å². The molecule has 1 saturated carbocycles. The fraction of sp³-hybridized carbons (Fsp3) is 0.961. The van der Waals surface area contributed by atoms with Crippen LogP contribution < -0.4 is 10.6 Å². The monoisotopic (exact) mass is 819 g/mol. The molecule has 1 aliphatic rings. The molecule has 3 N–H and O–H groups in total. The highest BCUT2D eigenvalue weighted by atomic mass is 16.3. The van der Waals surface area contributed by atoms with E-state index in [0.717, 1.165) is 84.3 Å². The van der Waals surface area contributed by atoms with E-state index in [2.05, 4.69) is 48.1 Å². The number of hydrogen-bond acceptors (Lipinski definition) is 5. The van der Waals surface area contributed by atoms with Gasteiger partial charge in [0.2, 0.25) is 11.8 Å². The molecule has 7 heteroatoms. The summed E-state index contributed by atoms with van der Waals surface area (Å²) in [5, 5.41) is 16.3. The third-order valence-corrected chi connectivity index (χ3v) is 12.9. The summed E-state index contributed by atoms with van der Waals surface area (Å²) >= 11 is 0. The van der Waals surface area contributed by atoms with Crippen molar-refractivity contribution in [3.05, 3.63) is 0 Å². The van der Waals surface area contributed by atoms with Crippen LogP contribution >= 0.6 is 0 Å². The van der Waals surface area contributed by atoms with Gasteiger partial charge in [0, 0.05) is 51.6 Å². The maximum atomic E-state index is 12.9. The summed E-state index contributed by atoms with van der Waals surface area (Å²) in [5.74, 6) is 1.75. The Hall–Kier alpha value is -1.18. The lowest BCUT2D eigenvalue weighted by atomic mass is 9.94. The van der Waals surface area contributed by atoms with Crippen molar-refractivity contribution in [2.45, 2.75) is 252 Å². The van der Waals surface area contributed by atoms with Crippen LogP contribution in [-0.2, 0) is 9.59 Å². The zero-order valence-electron chi connectivity index (χ0n) is 39.6. The number of rotatable bonds is 46. The predicted octanol–water partition coefficient (Wildman–Crippen LogP) is 12.8. The van der Waals surface area contributed by atoms with Crippen LogP contribution in [0.15, 0.2) is 0 Å². The van der Waals surface area contributed by atoms with Crippen LogP contribution in [0.3, 0.4) is 0 Å². The Morgan fingerprint density at radius 3 is 1.21 bits per heavy atom. The Bertz CT molecular complexity index is 841. The second-order valence-corrected chi connectivity index (χ2v) is 18.6. The molecule has 0 aromatic rings. The van der Waals surface area contributed by atoms with E-state index in [4.69, 9.17) is 0 Å². The molecule has 0 aromatic carbocycles. The van der Waals surface area contributed by atoms with Crippen molar-refractivity contribution in [2.75, 3.05) is 52.4 Å². The molecule has 0 spiro atoms. The Morgan fingerprint density at radius 2 is 0.828 bits per heavy atom. The van der Waals surface area contributed by atoms with Crippen LogP contribution in [0.4, 0.5) is 0 Å². The minimum Gasteiger partial charge on any atom is -0.395 e. The number of hydrogen-bond donors (Lipinski definition) is 3. The molecule has 1 rings (SSSR count). The second-order valence-electron chi connectivity index (χ2n) is 18.6. The van der Waals surface area contributed by atoms with Crippen LogP contribution in [0.5, 0.6) is 0 Å². The Morgan fingerprint density at radius 1 is 0.466 bits per heavy atom. The molecular weight excluding hydrogens is 717 g/mol. The van der Waals surface area contributed by atoms with E-state index in [9.17, 15) is 14.7 Å². The molecule has 0 aromatic heterocycles. The third-order valence-electron chi connectivity index (χ3n) is 12.9. The molecule has 344 valence electrons. The van der Waals surface area contributed by atoms with Crippen LogP contribution in [0, 0.1) is 11.8 Å². The Balaban J connectivity index is 2.44. The van der Waals surface area contributed by atoms with Gasteiger partial charge in [-0.05, 0) is 89.1 Å². The summed E-state index contributed by atoms with van der Waals surface area (Å²) in [4.78, 5) is 30.8. The van der Waals surface area contributed by atoms with Crippen LogP contribution in [0.25, 0.3) is 0 Å². The van der Waals surface area contributed by atoms with Crippen LogP contribution in [0.2, 0.25) is 0 Å². The number of aliphatic hydroxyl groups excluding tert-OH is 1. The zero-order chi connectivity index (χ0) is 42.2. The molecule has 0 aliphatic heterocycles. The van der Waals surface area contributed by atoms with Gasteiger partial charge in [-0.25, -0.2) is 0 Å². The first-order chi connectivity index (χ1) is 28.5. The standard InChI is InChI=1S/C51H102N4O3/c1-5-9-13-17-19-25-33-47(31-23-15-11-7-3)45-52-50(57)35-27-21-29-39-54(41-42-55(43-44-56)49-37-38-49)40-30-22-28-36-51(58)53-46-48(32-24-16-12-8-4)34-26-20-18-14-10-6-2/h47-49,56H,5-46H2,1-4H3,(H,52,57)(H,53,58). The first-order valence-electron chi connectivity index (χ1n) is 26.1. The highest BCUT2D eigenvalue weighted by Crippen LogP contribution is 2.26. The van der Waals surface area contributed by atoms with E-state index in [1.165, 1.54) is 167 Å². The lowest BCUT2D eigenvalue weighted by molar-refractivity contribution is -0.122. The summed E-state index contributed by atoms with van der Waals surface area (Å²) in [5.41, 5.74) is 0. The normalized spacial score (nSPS) is 14.1. The molecule has 0 bridgehead atoms. The van der Waals surface area contributed by atoms with Crippen molar-refractivity contribution >= 4 is 11.8 Å². The van der Waals surface area contributed by atoms with Crippen molar-refractivity contribution in [3.63, 3.8) is 0 Å². The molecule has 7 nitrogen and oxygen atoms in total. The molecule has 2 atom stereocenters. The lowest BCUT2D eigenvalue weighted by Crippen LogP contribution is -2.38. The first kappa shape index (κ1) is 54.8. The van der Waals surface area contributed by atoms with Gasteiger partial charge >= 0.3 is 0 Å². The molecule has 0 heterocycles. The fourth-order valence-corrected chi connectivity index (χ4v) is 8.78. The predicted molar refractivity (Wildman–Crippen MR) is 252 cm³/mol. The molecule has 0 saturated heterocycles. The van der Waals surface area contributed by atoms with Gasteiger partial charge in [0.25, 0.3) is 0 Å². The maximum Gasteiger partial charge on any atom is 0.220 e. The number of nitrogens with zero attached hydrogens (tertiary/aromatic N) is 2. The summed E-state index contributed by atoms with van der Waals surface area (Å²) < 4.78 is 0. The van der Waals surface area contributed by atoms with E-state index in [0.29, 0.717) is 30.7 Å². The van der Waals surface area contributed by atoms with Crippen molar-refractivity contribution in [3.8, 4) is 0 Å². The zero-order valence-corrected chi connectivity index (χ0v) is 39.6. The average Bonchev–Trinajstić information content (AvgIpc) is 4.08. The number of nitrogens with one attached hydrogen (secondary N) is 2. The van der Waals surface area contributed by atoms with Gasteiger partial charge in [0.15, 0.2) is 0 Å². The summed E-state index contributed by atoms with van der Waals surface area (Å²) in [7, 11) is 0. The first-order valence-corrected chi connectivity index (χ1v) is 26.1. The summed E-state index contributed by atoms with van der Waals surface area (Å²) in [6.07, 6.45) is 41.7. The summed E-state index contributed by atoms with van der Waals surface area (Å²) in [6.45, 7) is 16.0. The Labute approximate surface area is 362 Å². The van der Waals surface area contributed by atoms with Gasteiger partial charge in [-0.15, -0.1) is 0 Å². The van der Waals surface area contributed by atoms with Crippen molar-refractivity contribution in [2.24, 2.45) is 11.8 Å².